The number of benzene rings is 1. The summed E-state index contributed by atoms with van der Waals surface area (Å²) >= 11 is 2.74. The number of halogens is 4. The Kier molecular flexibility index (Phi) is 5.73. The van der Waals surface area contributed by atoms with Crippen LogP contribution in [0.5, 0.6) is 0 Å². The van der Waals surface area contributed by atoms with E-state index in [-0.39, 0.29) is 16.5 Å². The van der Waals surface area contributed by atoms with Crippen LogP contribution in [0.2, 0.25) is 0 Å². The van der Waals surface area contributed by atoms with Gasteiger partial charge in [-0.3, -0.25) is 4.79 Å². The van der Waals surface area contributed by atoms with Crippen molar-refractivity contribution in [2.45, 2.75) is 18.6 Å². The predicted octanol–water partition coefficient (Wildman–Crippen LogP) is 2.03. The number of rotatable bonds is 5. The molecule has 5 nitrogen and oxygen atoms in total. The molecule has 0 spiro atoms. The molecule has 21 heavy (non-hydrogen) atoms. The summed E-state index contributed by atoms with van der Waals surface area (Å²) in [5.74, 6) is -2.35. The van der Waals surface area contributed by atoms with Crippen molar-refractivity contribution in [3.63, 3.8) is 0 Å². The van der Waals surface area contributed by atoms with Crippen LogP contribution in [0.4, 0.5) is 13.2 Å². The molecule has 0 unspecified atom stereocenters. The van der Waals surface area contributed by atoms with Crippen LogP contribution >= 0.6 is 15.9 Å². The second kappa shape index (κ2) is 6.90. The molecule has 0 fully saturated rings. The molecule has 0 saturated heterocycles. The molecule has 0 aliphatic heterocycles. The largest absolute Gasteiger partial charge is 0.480 e. The summed E-state index contributed by atoms with van der Waals surface area (Å²) in [5, 5.41) is 19.6. The third-order valence-electron chi connectivity index (χ3n) is 2.56. The third-order valence-corrected chi connectivity index (χ3v) is 3.25. The maximum absolute atomic E-state index is 12.7. The molecule has 1 rings (SSSR count). The minimum atomic E-state index is -4.65. The lowest BCUT2D eigenvalue weighted by atomic mass is 10.1. The van der Waals surface area contributed by atoms with Crippen LogP contribution in [-0.4, -0.2) is 34.7 Å². The lowest BCUT2D eigenvalue weighted by molar-refractivity contribution is -0.140. The highest BCUT2D eigenvalue weighted by Gasteiger charge is 2.33. The van der Waals surface area contributed by atoms with E-state index in [1.807, 2.05) is 0 Å². The van der Waals surface area contributed by atoms with Crippen molar-refractivity contribution in [2.75, 3.05) is 6.61 Å². The summed E-state index contributed by atoms with van der Waals surface area (Å²) in [6.07, 6.45) is -4.89. The van der Waals surface area contributed by atoms with E-state index in [9.17, 15) is 22.8 Å². The summed E-state index contributed by atoms with van der Waals surface area (Å²) < 4.78 is 37.9. The van der Waals surface area contributed by atoms with Gasteiger partial charge in [0, 0.05) is 23.1 Å². The van der Waals surface area contributed by atoms with E-state index in [1.165, 1.54) is 0 Å². The van der Waals surface area contributed by atoms with Gasteiger partial charge >= 0.3 is 12.1 Å². The molecular weight excluding hydrogens is 359 g/mol. The zero-order valence-corrected chi connectivity index (χ0v) is 12.0. The number of aliphatic hydroxyl groups is 1. The second-order valence-electron chi connectivity index (χ2n) is 4.07. The molecule has 0 aromatic heterocycles. The smallest absolute Gasteiger partial charge is 0.417 e. The second-order valence-corrected chi connectivity index (χ2v) is 4.92. The molecular formula is C12H11BrF3NO4. The molecule has 3 N–H and O–H groups in total. The number of carbonyl (C=O) groups excluding carboxylic acids is 1. The Morgan fingerprint density at radius 1 is 1.33 bits per heavy atom. The van der Waals surface area contributed by atoms with Crippen molar-refractivity contribution in [1.82, 2.24) is 5.32 Å². The van der Waals surface area contributed by atoms with Crippen molar-refractivity contribution < 1.29 is 33.0 Å². The summed E-state index contributed by atoms with van der Waals surface area (Å²) in [4.78, 5) is 22.6. The van der Waals surface area contributed by atoms with Crippen molar-refractivity contribution in [3.8, 4) is 0 Å². The number of aliphatic carboxylic acids is 1. The van der Waals surface area contributed by atoms with E-state index in [2.05, 4.69) is 21.2 Å². The number of carboxylic acid groups (broad SMARTS) is 1. The molecule has 116 valence electrons. The minimum absolute atomic E-state index is 0.225. The van der Waals surface area contributed by atoms with Gasteiger partial charge in [-0.2, -0.15) is 13.2 Å². The first-order chi connectivity index (χ1) is 9.66. The van der Waals surface area contributed by atoms with Crippen LogP contribution in [-0.2, 0) is 11.0 Å². The lowest BCUT2D eigenvalue weighted by Gasteiger charge is -2.15. The Labute approximate surface area is 125 Å². The Morgan fingerprint density at radius 3 is 2.43 bits per heavy atom. The van der Waals surface area contributed by atoms with Gasteiger partial charge in [-0.1, -0.05) is 15.9 Å². The average molecular weight is 370 g/mol. The number of aliphatic hydroxyl groups excluding tert-OH is 1. The highest BCUT2D eigenvalue weighted by Crippen LogP contribution is 2.35. The fourth-order valence-corrected chi connectivity index (χ4v) is 1.98. The van der Waals surface area contributed by atoms with Crippen molar-refractivity contribution >= 4 is 27.8 Å². The molecule has 0 bridgehead atoms. The summed E-state index contributed by atoms with van der Waals surface area (Å²) in [7, 11) is 0. The molecule has 0 heterocycles. The number of nitrogens with one attached hydrogen (secondary N) is 1. The van der Waals surface area contributed by atoms with E-state index in [4.69, 9.17) is 10.2 Å². The Hall–Kier alpha value is -1.61. The number of hydrogen-bond acceptors (Lipinski definition) is 3. The van der Waals surface area contributed by atoms with E-state index in [0.29, 0.717) is 6.07 Å². The van der Waals surface area contributed by atoms with Gasteiger partial charge in [-0.15, -0.1) is 0 Å². The first kappa shape index (κ1) is 17.4. The number of carboxylic acids is 1. The zero-order valence-electron chi connectivity index (χ0n) is 10.4. The monoisotopic (exact) mass is 369 g/mol. The Bertz CT molecular complexity index is 548. The molecule has 0 saturated carbocycles. The first-order valence-corrected chi connectivity index (χ1v) is 6.47. The fourth-order valence-electron chi connectivity index (χ4n) is 1.51. The first-order valence-electron chi connectivity index (χ1n) is 5.68. The van der Waals surface area contributed by atoms with Crippen molar-refractivity contribution in [1.29, 1.82) is 0 Å². The van der Waals surface area contributed by atoms with Gasteiger partial charge in [0.25, 0.3) is 5.91 Å². The topological polar surface area (TPSA) is 86.6 Å². The van der Waals surface area contributed by atoms with E-state index >= 15 is 0 Å². The fraction of sp³-hybridized carbons (Fsp3) is 0.333. The third kappa shape index (κ3) is 4.71. The van der Waals surface area contributed by atoms with Crippen LogP contribution in [0.1, 0.15) is 22.3 Å². The average Bonchev–Trinajstić information content (AvgIpc) is 2.37. The molecule has 0 aliphatic rings. The van der Waals surface area contributed by atoms with Crippen molar-refractivity contribution in [3.05, 3.63) is 33.8 Å². The quantitative estimate of drug-likeness (QED) is 0.741. The molecule has 0 radical (unpaired) electrons. The summed E-state index contributed by atoms with van der Waals surface area (Å²) in [5.41, 5.74) is -1.36. The number of carbonyl (C=O) groups is 2. The lowest BCUT2D eigenvalue weighted by Crippen LogP contribution is -2.41. The molecule has 1 aromatic rings. The van der Waals surface area contributed by atoms with Crippen LogP contribution in [0.3, 0.4) is 0 Å². The minimum Gasteiger partial charge on any atom is -0.480 e. The van der Waals surface area contributed by atoms with Crippen molar-refractivity contribution in [2.24, 2.45) is 0 Å². The molecule has 1 amide bonds. The van der Waals surface area contributed by atoms with Gasteiger partial charge in [0.1, 0.15) is 6.04 Å². The van der Waals surface area contributed by atoms with Crippen LogP contribution in [0, 0.1) is 0 Å². The summed E-state index contributed by atoms with van der Waals surface area (Å²) in [6.45, 7) is -0.481. The Balaban J connectivity index is 3.00. The van der Waals surface area contributed by atoms with Crippen LogP contribution < -0.4 is 5.32 Å². The highest BCUT2D eigenvalue weighted by molar-refractivity contribution is 9.10. The van der Waals surface area contributed by atoms with Gasteiger partial charge in [0.05, 0.1) is 5.56 Å². The maximum atomic E-state index is 12.7. The standard InChI is InChI=1S/C12H11BrF3NO4/c13-8-2-1-6(5-7(8)12(14,15)16)10(19)17-9(3-4-18)11(20)21/h1-2,5,9,18H,3-4H2,(H,17,19)(H,20,21)/t9-/m0/s1. The van der Waals surface area contributed by atoms with Crippen LogP contribution in [0.25, 0.3) is 0 Å². The van der Waals surface area contributed by atoms with Gasteiger partial charge in [0.15, 0.2) is 0 Å². The van der Waals surface area contributed by atoms with Gasteiger partial charge in [0.2, 0.25) is 0 Å². The molecule has 0 aliphatic carbocycles. The number of hydrogen-bond donors (Lipinski definition) is 3. The zero-order chi connectivity index (χ0) is 16.2. The van der Waals surface area contributed by atoms with Crippen LogP contribution in [0.15, 0.2) is 22.7 Å². The normalized spacial score (nSPS) is 12.8. The predicted molar refractivity (Wildman–Crippen MR) is 69.7 cm³/mol. The SMILES string of the molecule is O=C(N[C@@H](CCO)C(=O)O)c1ccc(Br)c(C(F)(F)F)c1. The van der Waals surface area contributed by atoms with E-state index < -0.39 is 36.3 Å². The summed E-state index contributed by atoms with van der Waals surface area (Å²) in [6, 6.07) is 1.43. The van der Waals surface area contributed by atoms with E-state index in [0.717, 1.165) is 12.1 Å². The van der Waals surface area contributed by atoms with Gasteiger partial charge in [-0.05, 0) is 18.2 Å². The maximum Gasteiger partial charge on any atom is 0.417 e. The van der Waals surface area contributed by atoms with Gasteiger partial charge in [-0.25, -0.2) is 4.79 Å². The number of amides is 1. The number of alkyl halides is 3. The highest BCUT2D eigenvalue weighted by atomic mass is 79.9. The molecule has 1 atom stereocenters. The Morgan fingerprint density at radius 2 is 1.95 bits per heavy atom. The molecule has 1 aromatic carbocycles. The van der Waals surface area contributed by atoms with E-state index in [1.54, 1.807) is 0 Å². The van der Waals surface area contributed by atoms with Gasteiger partial charge < -0.3 is 15.5 Å². The molecule has 9 heteroatoms.